The van der Waals surface area contributed by atoms with E-state index in [0.29, 0.717) is 18.1 Å². The molecule has 1 aromatic heterocycles. The summed E-state index contributed by atoms with van der Waals surface area (Å²) in [5.41, 5.74) is 5.96. The lowest BCUT2D eigenvalue weighted by molar-refractivity contribution is 0.706. The van der Waals surface area contributed by atoms with Gasteiger partial charge in [0.1, 0.15) is 11.5 Å². The number of aromatic amines is 1. The first-order valence-electron chi connectivity index (χ1n) is 6.13. The number of H-pyrrole nitrogens is 1. The molecule has 4 N–H and O–H groups in total. The summed E-state index contributed by atoms with van der Waals surface area (Å²) in [6.45, 7) is 2.57. The molecule has 2 aromatic rings. The second kappa shape index (κ2) is 5.83. The molecule has 0 aliphatic carbocycles. The van der Waals surface area contributed by atoms with Gasteiger partial charge in [-0.25, -0.2) is 4.79 Å². The number of nitrogens with two attached hydrogens (primary N) is 1. The van der Waals surface area contributed by atoms with Crippen LogP contribution in [-0.4, -0.2) is 9.55 Å². The van der Waals surface area contributed by atoms with Crippen LogP contribution in [0.4, 0.5) is 11.5 Å². The Morgan fingerprint density at radius 3 is 2.55 bits per heavy atom. The Hall–Kier alpha value is -2.21. The van der Waals surface area contributed by atoms with Crippen molar-refractivity contribution in [1.29, 1.82) is 0 Å². The molecule has 6 nitrogen and oxygen atoms in total. The fraction of sp³-hybridized carbons (Fsp3) is 0.231. The number of aromatic nitrogens is 2. The van der Waals surface area contributed by atoms with Gasteiger partial charge in [-0.15, -0.1) is 0 Å². The topological polar surface area (TPSA) is 92.9 Å². The van der Waals surface area contributed by atoms with Gasteiger partial charge in [-0.05, 0) is 24.6 Å². The Bertz CT molecular complexity index is 719. The van der Waals surface area contributed by atoms with E-state index in [9.17, 15) is 9.59 Å². The third kappa shape index (κ3) is 2.85. The zero-order chi connectivity index (χ0) is 14.7. The van der Waals surface area contributed by atoms with Crippen molar-refractivity contribution in [2.75, 3.05) is 11.1 Å². The number of nitrogens with one attached hydrogen (secondary N) is 2. The molecule has 0 spiro atoms. The molecule has 0 saturated heterocycles. The van der Waals surface area contributed by atoms with Crippen molar-refractivity contribution in [1.82, 2.24) is 9.55 Å². The summed E-state index contributed by atoms with van der Waals surface area (Å²) in [6.07, 6.45) is 0. The maximum absolute atomic E-state index is 11.8. The standard InChI is InChI=1S/C13H15ClN4O2/c1-2-18-11(15)10(12(19)17-13(18)20)16-7-8-3-5-9(14)6-4-8/h3-6,16H,2,7,15H2,1H3,(H,17,19,20). The molecule has 0 saturated carbocycles. The van der Waals surface area contributed by atoms with E-state index in [1.54, 1.807) is 19.1 Å². The smallest absolute Gasteiger partial charge is 0.330 e. The minimum absolute atomic E-state index is 0.134. The van der Waals surface area contributed by atoms with Crippen LogP contribution >= 0.6 is 11.6 Å². The van der Waals surface area contributed by atoms with Crippen LogP contribution < -0.4 is 22.3 Å². The number of nitrogens with zero attached hydrogens (tertiary/aromatic N) is 1. The van der Waals surface area contributed by atoms with E-state index < -0.39 is 11.2 Å². The minimum atomic E-state index is -0.522. The van der Waals surface area contributed by atoms with Gasteiger partial charge < -0.3 is 11.1 Å². The molecule has 0 atom stereocenters. The summed E-state index contributed by atoms with van der Waals surface area (Å²) in [4.78, 5) is 25.5. The fourth-order valence-electron chi connectivity index (χ4n) is 1.87. The molecule has 106 valence electrons. The Kier molecular flexibility index (Phi) is 4.14. The molecule has 0 aliphatic rings. The lowest BCUT2D eigenvalue weighted by atomic mass is 10.2. The van der Waals surface area contributed by atoms with Crippen molar-refractivity contribution in [2.45, 2.75) is 20.0 Å². The summed E-state index contributed by atoms with van der Waals surface area (Å²) in [5.74, 6) is 0.134. The Balaban J connectivity index is 2.28. The molecule has 20 heavy (non-hydrogen) atoms. The van der Waals surface area contributed by atoms with Gasteiger partial charge >= 0.3 is 5.69 Å². The first-order valence-corrected chi connectivity index (χ1v) is 6.51. The monoisotopic (exact) mass is 294 g/mol. The summed E-state index contributed by atoms with van der Waals surface area (Å²) in [7, 11) is 0. The number of nitrogen functional groups attached to an aromatic ring is 1. The molecule has 0 amide bonds. The van der Waals surface area contributed by atoms with Gasteiger partial charge in [0.15, 0.2) is 0 Å². The minimum Gasteiger partial charge on any atom is -0.383 e. The van der Waals surface area contributed by atoms with Crippen LogP contribution in [0.2, 0.25) is 5.02 Å². The largest absolute Gasteiger partial charge is 0.383 e. The number of benzene rings is 1. The lowest BCUT2D eigenvalue weighted by Gasteiger charge is -2.12. The maximum atomic E-state index is 11.8. The average molecular weight is 295 g/mol. The van der Waals surface area contributed by atoms with Crippen LogP contribution in [0.25, 0.3) is 0 Å². The van der Waals surface area contributed by atoms with Gasteiger partial charge in [0.2, 0.25) is 0 Å². The summed E-state index contributed by atoms with van der Waals surface area (Å²) >= 11 is 5.80. The van der Waals surface area contributed by atoms with E-state index in [1.807, 2.05) is 12.1 Å². The van der Waals surface area contributed by atoms with E-state index >= 15 is 0 Å². The van der Waals surface area contributed by atoms with E-state index in [4.69, 9.17) is 17.3 Å². The Morgan fingerprint density at radius 2 is 1.95 bits per heavy atom. The molecule has 0 bridgehead atoms. The number of hydrogen-bond donors (Lipinski definition) is 3. The van der Waals surface area contributed by atoms with Crippen molar-refractivity contribution in [3.8, 4) is 0 Å². The molecular formula is C13H15ClN4O2. The number of halogens is 1. The highest BCUT2D eigenvalue weighted by Gasteiger charge is 2.10. The SMILES string of the molecule is CCn1c(N)c(NCc2ccc(Cl)cc2)c(=O)[nH]c1=O. The van der Waals surface area contributed by atoms with Crippen LogP contribution in [0.1, 0.15) is 12.5 Å². The van der Waals surface area contributed by atoms with Crippen LogP contribution in [0.3, 0.4) is 0 Å². The quantitative estimate of drug-likeness (QED) is 0.795. The van der Waals surface area contributed by atoms with Crippen molar-refractivity contribution in [2.24, 2.45) is 0 Å². The highest BCUT2D eigenvalue weighted by atomic mass is 35.5. The molecule has 0 fully saturated rings. The molecule has 0 aliphatic heterocycles. The van der Waals surface area contributed by atoms with Crippen LogP contribution in [-0.2, 0) is 13.1 Å². The third-order valence-corrected chi connectivity index (χ3v) is 3.19. The molecular weight excluding hydrogens is 280 g/mol. The first-order chi connectivity index (χ1) is 9.52. The molecule has 2 rings (SSSR count). The molecule has 7 heteroatoms. The van der Waals surface area contributed by atoms with Gasteiger partial charge in [0.05, 0.1) is 0 Å². The van der Waals surface area contributed by atoms with Crippen molar-refractivity contribution in [3.63, 3.8) is 0 Å². The number of rotatable bonds is 4. The first kappa shape index (κ1) is 14.2. The molecule has 1 aromatic carbocycles. The maximum Gasteiger partial charge on any atom is 0.330 e. The zero-order valence-corrected chi connectivity index (χ0v) is 11.7. The van der Waals surface area contributed by atoms with Crippen molar-refractivity contribution >= 4 is 23.1 Å². The van der Waals surface area contributed by atoms with Crippen LogP contribution in [0.5, 0.6) is 0 Å². The van der Waals surface area contributed by atoms with Gasteiger partial charge in [-0.3, -0.25) is 14.3 Å². The Labute approximate surface area is 120 Å². The van der Waals surface area contributed by atoms with Gasteiger partial charge in [0.25, 0.3) is 5.56 Å². The number of hydrogen-bond acceptors (Lipinski definition) is 4. The molecule has 0 unspecified atom stereocenters. The van der Waals surface area contributed by atoms with Crippen molar-refractivity contribution in [3.05, 3.63) is 55.7 Å². The summed E-state index contributed by atoms with van der Waals surface area (Å²) < 4.78 is 1.30. The second-order valence-electron chi connectivity index (χ2n) is 4.24. The fourth-order valence-corrected chi connectivity index (χ4v) is 1.99. The van der Waals surface area contributed by atoms with E-state index in [0.717, 1.165) is 5.56 Å². The second-order valence-corrected chi connectivity index (χ2v) is 4.68. The van der Waals surface area contributed by atoms with Gasteiger partial charge in [-0.2, -0.15) is 0 Å². The van der Waals surface area contributed by atoms with E-state index in [2.05, 4.69) is 10.3 Å². The molecule has 1 heterocycles. The average Bonchev–Trinajstić information content (AvgIpc) is 2.40. The van der Waals surface area contributed by atoms with Gasteiger partial charge in [0, 0.05) is 18.1 Å². The molecule has 0 radical (unpaired) electrons. The van der Waals surface area contributed by atoms with E-state index in [-0.39, 0.29) is 11.5 Å². The zero-order valence-electron chi connectivity index (χ0n) is 10.9. The highest BCUT2D eigenvalue weighted by Crippen LogP contribution is 2.13. The predicted molar refractivity (Wildman–Crippen MR) is 80.2 cm³/mol. The van der Waals surface area contributed by atoms with E-state index in [1.165, 1.54) is 4.57 Å². The van der Waals surface area contributed by atoms with Crippen molar-refractivity contribution < 1.29 is 0 Å². The highest BCUT2D eigenvalue weighted by molar-refractivity contribution is 6.30. The summed E-state index contributed by atoms with van der Waals surface area (Å²) in [5, 5.41) is 3.59. The summed E-state index contributed by atoms with van der Waals surface area (Å²) in [6, 6.07) is 7.21. The van der Waals surface area contributed by atoms with Gasteiger partial charge in [-0.1, -0.05) is 23.7 Å². The van der Waals surface area contributed by atoms with Crippen LogP contribution in [0, 0.1) is 0 Å². The lowest BCUT2D eigenvalue weighted by Crippen LogP contribution is -2.33. The predicted octanol–water partition coefficient (Wildman–Crippen LogP) is 1.40. The Morgan fingerprint density at radius 1 is 1.30 bits per heavy atom. The third-order valence-electron chi connectivity index (χ3n) is 2.94. The number of anilines is 2. The normalized spacial score (nSPS) is 10.5. The van der Waals surface area contributed by atoms with Crippen LogP contribution in [0.15, 0.2) is 33.9 Å².